The molecule has 0 aliphatic carbocycles. The van der Waals surface area contributed by atoms with E-state index in [1.54, 1.807) is 6.20 Å². The molecule has 2 aromatic rings. The van der Waals surface area contributed by atoms with Gasteiger partial charge in [0.15, 0.2) is 0 Å². The Morgan fingerprint density at radius 1 is 1.25 bits per heavy atom. The number of hydrogen-bond donors (Lipinski definition) is 2. The lowest BCUT2D eigenvalue weighted by molar-refractivity contribution is 0.591. The van der Waals surface area contributed by atoms with Gasteiger partial charge in [-0.25, -0.2) is 4.98 Å². The molecule has 0 saturated carbocycles. The van der Waals surface area contributed by atoms with E-state index >= 15 is 0 Å². The second-order valence-electron chi connectivity index (χ2n) is 4.70. The Kier molecular flexibility index (Phi) is 5.34. The third kappa shape index (κ3) is 4.22. The fourth-order valence-electron chi connectivity index (χ4n) is 1.82. The van der Waals surface area contributed by atoms with E-state index < -0.39 is 0 Å². The standard InChI is InChI=1S/C14H22N6/c1-3-6-16-14-17-11-12(2)13(19-14)15-7-4-9-20-10-5-8-18-20/h5,8,10-11H,3-4,6-7,9H2,1-2H3,(H2,15,16,17,19). The maximum atomic E-state index is 4.49. The molecular formula is C14H22N6. The molecule has 0 radical (unpaired) electrons. The molecule has 0 fully saturated rings. The summed E-state index contributed by atoms with van der Waals surface area (Å²) < 4.78 is 1.93. The van der Waals surface area contributed by atoms with E-state index in [1.165, 1.54) is 0 Å². The molecule has 6 heteroatoms. The first kappa shape index (κ1) is 14.3. The maximum Gasteiger partial charge on any atom is 0.224 e. The highest BCUT2D eigenvalue weighted by Crippen LogP contribution is 2.12. The van der Waals surface area contributed by atoms with E-state index in [0.29, 0.717) is 5.95 Å². The maximum absolute atomic E-state index is 4.49. The van der Waals surface area contributed by atoms with Crippen molar-refractivity contribution in [3.63, 3.8) is 0 Å². The van der Waals surface area contributed by atoms with Crippen molar-refractivity contribution in [3.8, 4) is 0 Å². The number of rotatable bonds is 8. The van der Waals surface area contributed by atoms with Gasteiger partial charge in [0.1, 0.15) is 5.82 Å². The van der Waals surface area contributed by atoms with Gasteiger partial charge in [-0.1, -0.05) is 6.92 Å². The first-order valence-corrected chi connectivity index (χ1v) is 7.08. The average molecular weight is 274 g/mol. The Hall–Kier alpha value is -2.11. The molecule has 0 unspecified atom stereocenters. The van der Waals surface area contributed by atoms with Gasteiger partial charge < -0.3 is 10.6 Å². The fraction of sp³-hybridized carbons (Fsp3) is 0.500. The number of nitrogens with zero attached hydrogens (tertiary/aromatic N) is 4. The third-order valence-corrected chi connectivity index (χ3v) is 2.92. The summed E-state index contributed by atoms with van der Waals surface area (Å²) in [6.45, 7) is 6.80. The second kappa shape index (κ2) is 7.47. The number of anilines is 2. The summed E-state index contributed by atoms with van der Waals surface area (Å²) >= 11 is 0. The van der Waals surface area contributed by atoms with Crippen LogP contribution in [0.1, 0.15) is 25.3 Å². The molecule has 0 spiro atoms. The van der Waals surface area contributed by atoms with Crippen LogP contribution in [0.25, 0.3) is 0 Å². The highest BCUT2D eigenvalue weighted by atomic mass is 15.3. The van der Waals surface area contributed by atoms with Crippen molar-refractivity contribution >= 4 is 11.8 Å². The number of aromatic nitrogens is 4. The quantitative estimate of drug-likeness (QED) is 0.723. The predicted octanol–water partition coefficient (Wildman–Crippen LogP) is 2.31. The Bertz CT molecular complexity index is 508. The van der Waals surface area contributed by atoms with Crippen LogP contribution in [0.15, 0.2) is 24.7 Å². The lowest BCUT2D eigenvalue weighted by Gasteiger charge is -2.10. The smallest absolute Gasteiger partial charge is 0.224 e. The molecular weight excluding hydrogens is 252 g/mol. The minimum absolute atomic E-state index is 0.687. The van der Waals surface area contributed by atoms with E-state index in [1.807, 2.05) is 30.1 Å². The van der Waals surface area contributed by atoms with Crippen LogP contribution in [0.2, 0.25) is 0 Å². The van der Waals surface area contributed by atoms with Gasteiger partial charge in [-0.3, -0.25) is 4.68 Å². The lowest BCUT2D eigenvalue weighted by Crippen LogP contribution is -2.11. The van der Waals surface area contributed by atoms with Crippen LogP contribution < -0.4 is 10.6 Å². The van der Waals surface area contributed by atoms with Crippen LogP contribution in [0, 0.1) is 6.92 Å². The van der Waals surface area contributed by atoms with Gasteiger partial charge in [0.05, 0.1) is 0 Å². The van der Waals surface area contributed by atoms with Crippen LogP contribution in [0.4, 0.5) is 11.8 Å². The monoisotopic (exact) mass is 274 g/mol. The summed E-state index contributed by atoms with van der Waals surface area (Å²) in [7, 11) is 0. The fourth-order valence-corrected chi connectivity index (χ4v) is 1.82. The molecule has 20 heavy (non-hydrogen) atoms. The van der Waals surface area contributed by atoms with Crippen LogP contribution >= 0.6 is 0 Å². The average Bonchev–Trinajstić information content (AvgIpc) is 2.97. The molecule has 2 heterocycles. The molecule has 0 aliphatic rings. The molecule has 2 N–H and O–H groups in total. The van der Waals surface area contributed by atoms with Crippen LogP contribution in [0.3, 0.4) is 0 Å². The molecule has 108 valence electrons. The zero-order chi connectivity index (χ0) is 14.2. The van der Waals surface area contributed by atoms with Crippen LogP contribution in [-0.4, -0.2) is 32.8 Å². The van der Waals surface area contributed by atoms with Gasteiger partial charge in [-0.2, -0.15) is 10.1 Å². The Morgan fingerprint density at radius 3 is 2.90 bits per heavy atom. The van der Waals surface area contributed by atoms with E-state index in [4.69, 9.17) is 0 Å². The molecule has 6 nitrogen and oxygen atoms in total. The molecule has 0 atom stereocenters. The van der Waals surface area contributed by atoms with Gasteiger partial charge in [-0.05, 0) is 25.8 Å². The highest BCUT2D eigenvalue weighted by molar-refractivity contribution is 5.46. The van der Waals surface area contributed by atoms with Gasteiger partial charge in [0.2, 0.25) is 5.95 Å². The summed E-state index contributed by atoms with van der Waals surface area (Å²) in [5, 5.41) is 10.7. The van der Waals surface area contributed by atoms with E-state index in [0.717, 1.165) is 43.9 Å². The summed E-state index contributed by atoms with van der Waals surface area (Å²) in [6, 6.07) is 1.94. The normalized spacial score (nSPS) is 10.5. The van der Waals surface area contributed by atoms with Gasteiger partial charge >= 0.3 is 0 Å². The lowest BCUT2D eigenvalue weighted by atomic mass is 10.3. The van der Waals surface area contributed by atoms with Crippen LogP contribution in [-0.2, 0) is 6.54 Å². The first-order chi connectivity index (χ1) is 9.79. The Morgan fingerprint density at radius 2 is 2.15 bits per heavy atom. The topological polar surface area (TPSA) is 67.7 Å². The highest BCUT2D eigenvalue weighted by Gasteiger charge is 2.02. The van der Waals surface area contributed by atoms with Gasteiger partial charge in [0.25, 0.3) is 0 Å². The number of aryl methyl sites for hydroxylation is 2. The zero-order valence-electron chi connectivity index (χ0n) is 12.1. The number of nitrogens with one attached hydrogen (secondary N) is 2. The summed E-state index contributed by atoms with van der Waals surface area (Å²) in [6.07, 6.45) is 7.68. The molecule has 0 saturated heterocycles. The molecule has 2 aromatic heterocycles. The van der Waals surface area contributed by atoms with Crippen molar-refractivity contribution in [1.29, 1.82) is 0 Å². The van der Waals surface area contributed by atoms with Crippen molar-refractivity contribution in [2.24, 2.45) is 0 Å². The Balaban J connectivity index is 1.81. The molecule has 0 aliphatic heterocycles. The summed E-state index contributed by atoms with van der Waals surface area (Å²) in [4.78, 5) is 8.76. The molecule has 0 aromatic carbocycles. The minimum atomic E-state index is 0.687. The van der Waals surface area contributed by atoms with Crippen molar-refractivity contribution in [2.75, 3.05) is 23.7 Å². The van der Waals surface area contributed by atoms with Crippen molar-refractivity contribution in [1.82, 2.24) is 19.7 Å². The predicted molar refractivity (Wildman–Crippen MR) is 80.9 cm³/mol. The SMILES string of the molecule is CCCNc1ncc(C)c(NCCCn2cccn2)n1. The Labute approximate surface area is 119 Å². The van der Waals surface area contributed by atoms with Crippen molar-refractivity contribution in [3.05, 3.63) is 30.2 Å². The number of hydrogen-bond acceptors (Lipinski definition) is 5. The van der Waals surface area contributed by atoms with Gasteiger partial charge in [-0.15, -0.1) is 0 Å². The minimum Gasteiger partial charge on any atom is -0.370 e. The zero-order valence-corrected chi connectivity index (χ0v) is 12.1. The first-order valence-electron chi connectivity index (χ1n) is 7.08. The van der Waals surface area contributed by atoms with Crippen molar-refractivity contribution < 1.29 is 0 Å². The van der Waals surface area contributed by atoms with E-state index in [9.17, 15) is 0 Å². The van der Waals surface area contributed by atoms with Crippen molar-refractivity contribution in [2.45, 2.75) is 33.2 Å². The van der Waals surface area contributed by atoms with Gasteiger partial charge in [0, 0.05) is 43.8 Å². The molecule has 0 bridgehead atoms. The summed E-state index contributed by atoms with van der Waals surface area (Å²) in [5.74, 6) is 1.59. The van der Waals surface area contributed by atoms with E-state index in [-0.39, 0.29) is 0 Å². The molecule has 0 amide bonds. The summed E-state index contributed by atoms with van der Waals surface area (Å²) in [5.41, 5.74) is 1.06. The van der Waals surface area contributed by atoms with E-state index in [2.05, 4.69) is 32.6 Å². The third-order valence-electron chi connectivity index (χ3n) is 2.92. The van der Waals surface area contributed by atoms with Crippen LogP contribution in [0.5, 0.6) is 0 Å². The molecule has 2 rings (SSSR count). The second-order valence-corrected chi connectivity index (χ2v) is 4.70. The largest absolute Gasteiger partial charge is 0.370 e.